The first kappa shape index (κ1) is 15.0. The topological polar surface area (TPSA) is 46.5 Å². The number of thioether (sulfide) groups is 1. The summed E-state index contributed by atoms with van der Waals surface area (Å²) in [7, 11) is 0. The average Bonchev–Trinajstić information content (AvgIpc) is 3.16. The second-order valence-electron chi connectivity index (χ2n) is 5.84. The molecule has 0 radical (unpaired) electrons. The predicted molar refractivity (Wildman–Crippen MR) is 85.5 cm³/mol. The lowest BCUT2D eigenvalue weighted by molar-refractivity contribution is -0.137. The standard InChI is InChI=1S/C16H19ClO3S/c17-14-7-11(13(8-16(18)19)10-1-2-10)3-4-15(14)20-12-5-6-21-9-12/h3-4,7,10,12-13H,1-2,5-6,8-9H2,(H,18,19). The fourth-order valence-electron chi connectivity index (χ4n) is 2.87. The Hall–Kier alpha value is -0.870. The summed E-state index contributed by atoms with van der Waals surface area (Å²) in [6.07, 6.45) is 3.73. The smallest absolute Gasteiger partial charge is 0.303 e. The van der Waals surface area contributed by atoms with Crippen molar-refractivity contribution in [3.8, 4) is 5.75 Å². The fourth-order valence-corrected chi connectivity index (χ4v) is 4.20. The Labute approximate surface area is 134 Å². The third-order valence-electron chi connectivity index (χ3n) is 4.15. The van der Waals surface area contributed by atoms with Crippen molar-refractivity contribution in [2.45, 2.75) is 37.7 Å². The number of carboxylic acids is 1. The molecule has 0 aromatic heterocycles. The molecule has 21 heavy (non-hydrogen) atoms. The largest absolute Gasteiger partial charge is 0.488 e. The maximum absolute atomic E-state index is 11.0. The lowest BCUT2D eigenvalue weighted by Gasteiger charge is -2.18. The Morgan fingerprint density at radius 2 is 2.24 bits per heavy atom. The molecule has 1 saturated carbocycles. The molecule has 0 amide bonds. The molecule has 5 heteroatoms. The second kappa shape index (κ2) is 6.49. The number of hydrogen-bond acceptors (Lipinski definition) is 3. The van der Waals surface area contributed by atoms with E-state index in [2.05, 4.69) is 0 Å². The second-order valence-corrected chi connectivity index (χ2v) is 7.39. The van der Waals surface area contributed by atoms with E-state index in [1.165, 1.54) is 0 Å². The zero-order valence-electron chi connectivity index (χ0n) is 11.8. The van der Waals surface area contributed by atoms with E-state index >= 15 is 0 Å². The van der Waals surface area contributed by atoms with Gasteiger partial charge in [0.05, 0.1) is 11.4 Å². The van der Waals surface area contributed by atoms with E-state index in [0.29, 0.717) is 10.9 Å². The Morgan fingerprint density at radius 3 is 2.81 bits per heavy atom. The molecule has 3 nitrogen and oxygen atoms in total. The first-order valence-corrected chi connectivity index (χ1v) is 8.92. The van der Waals surface area contributed by atoms with Crippen LogP contribution in [0.25, 0.3) is 0 Å². The zero-order valence-corrected chi connectivity index (χ0v) is 13.3. The van der Waals surface area contributed by atoms with Crippen LogP contribution in [0.4, 0.5) is 0 Å². The van der Waals surface area contributed by atoms with Crippen LogP contribution in [0.15, 0.2) is 18.2 Å². The molecule has 2 aliphatic rings. The molecule has 114 valence electrons. The van der Waals surface area contributed by atoms with Crippen LogP contribution in [0.5, 0.6) is 5.75 Å². The molecule has 1 aliphatic heterocycles. The number of carboxylic acid groups (broad SMARTS) is 1. The molecule has 1 heterocycles. The minimum Gasteiger partial charge on any atom is -0.488 e. The predicted octanol–water partition coefficient (Wildman–Crippen LogP) is 4.19. The van der Waals surface area contributed by atoms with Crippen LogP contribution in [-0.2, 0) is 4.79 Å². The average molecular weight is 327 g/mol. The Kier molecular flexibility index (Phi) is 4.65. The third kappa shape index (κ3) is 3.86. The van der Waals surface area contributed by atoms with Crippen LogP contribution in [-0.4, -0.2) is 28.7 Å². The SMILES string of the molecule is O=C(O)CC(c1ccc(OC2CCSC2)c(Cl)c1)C1CC1. The molecular weight excluding hydrogens is 308 g/mol. The molecule has 1 N–H and O–H groups in total. The van der Waals surface area contributed by atoms with Gasteiger partial charge in [0, 0.05) is 5.75 Å². The van der Waals surface area contributed by atoms with Crippen LogP contribution in [0.3, 0.4) is 0 Å². The number of ether oxygens (including phenoxy) is 1. The van der Waals surface area contributed by atoms with Crippen molar-refractivity contribution >= 4 is 29.3 Å². The van der Waals surface area contributed by atoms with Crippen molar-refractivity contribution in [1.29, 1.82) is 0 Å². The maximum Gasteiger partial charge on any atom is 0.303 e. The molecule has 1 saturated heterocycles. The van der Waals surface area contributed by atoms with Gasteiger partial charge in [0.1, 0.15) is 11.9 Å². The van der Waals surface area contributed by atoms with Gasteiger partial charge >= 0.3 is 5.97 Å². The van der Waals surface area contributed by atoms with Gasteiger partial charge in [0.2, 0.25) is 0 Å². The fraction of sp³-hybridized carbons (Fsp3) is 0.562. The first-order chi connectivity index (χ1) is 10.1. The van der Waals surface area contributed by atoms with E-state index in [0.717, 1.165) is 42.1 Å². The number of hydrogen-bond donors (Lipinski definition) is 1. The van der Waals surface area contributed by atoms with Crippen molar-refractivity contribution in [3.05, 3.63) is 28.8 Å². The summed E-state index contributed by atoms with van der Waals surface area (Å²) in [6, 6.07) is 5.78. The molecule has 0 bridgehead atoms. The van der Waals surface area contributed by atoms with Gasteiger partial charge in [-0.05, 0) is 54.5 Å². The summed E-state index contributed by atoms with van der Waals surface area (Å²) in [5, 5.41) is 9.67. The quantitative estimate of drug-likeness (QED) is 0.851. The first-order valence-electron chi connectivity index (χ1n) is 7.39. The maximum atomic E-state index is 11.0. The highest BCUT2D eigenvalue weighted by Crippen LogP contribution is 2.45. The van der Waals surface area contributed by atoms with Gasteiger partial charge < -0.3 is 9.84 Å². The van der Waals surface area contributed by atoms with Crippen molar-refractivity contribution in [3.63, 3.8) is 0 Å². The van der Waals surface area contributed by atoms with Gasteiger partial charge in [0.15, 0.2) is 0 Å². The summed E-state index contributed by atoms with van der Waals surface area (Å²) < 4.78 is 5.93. The minimum atomic E-state index is -0.744. The lowest BCUT2D eigenvalue weighted by Crippen LogP contribution is -2.15. The summed E-state index contributed by atoms with van der Waals surface area (Å²) in [5.74, 6) is 2.71. The van der Waals surface area contributed by atoms with Crippen LogP contribution in [0.2, 0.25) is 5.02 Å². The van der Waals surface area contributed by atoms with Gasteiger partial charge in [0.25, 0.3) is 0 Å². The number of halogens is 1. The van der Waals surface area contributed by atoms with Crippen LogP contribution >= 0.6 is 23.4 Å². The van der Waals surface area contributed by atoms with Gasteiger partial charge in [-0.3, -0.25) is 4.79 Å². The number of rotatable bonds is 6. The summed E-state index contributed by atoms with van der Waals surface area (Å²) in [4.78, 5) is 11.0. The van der Waals surface area contributed by atoms with Crippen LogP contribution in [0, 0.1) is 5.92 Å². The van der Waals surface area contributed by atoms with Gasteiger partial charge in [-0.1, -0.05) is 17.7 Å². The Balaban J connectivity index is 1.74. The molecule has 1 aromatic carbocycles. The summed E-state index contributed by atoms with van der Waals surface area (Å²) in [5.41, 5.74) is 1.03. The molecule has 1 aliphatic carbocycles. The molecule has 2 fully saturated rings. The highest BCUT2D eigenvalue weighted by Gasteiger charge is 2.34. The van der Waals surface area contributed by atoms with E-state index in [4.69, 9.17) is 21.4 Å². The summed E-state index contributed by atoms with van der Waals surface area (Å²) >= 11 is 8.24. The lowest BCUT2D eigenvalue weighted by atomic mass is 9.91. The zero-order chi connectivity index (χ0) is 14.8. The van der Waals surface area contributed by atoms with Gasteiger partial charge in [-0.25, -0.2) is 0 Å². The monoisotopic (exact) mass is 326 g/mol. The Bertz CT molecular complexity index is 524. The normalized spacial score (nSPS) is 23.0. The highest BCUT2D eigenvalue weighted by atomic mass is 35.5. The molecule has 1 aromatic rings. The van der Waals surface area contributed by atoms with E-state index in [1.807, 2.05) is 30.0 Å². The molecular formula is C16H19ClO3S. The van der Waals surface area contributed by atoms with Gasteiger partial charge in [-0.2, -0.15) is 11.8 Å². The third-order valence-corrected chi connectivity index (χ3v) is 5.58. The van der Waals surface area contributed by atoms with E-state index in [1.54, 1.807) is 0 Å². The molecule has 2 unspecified atom stereocenters. The van der Waals surface area contributed by atoms with E-state index < -0.39 is 5.97 Å². The van der Waals surface area contributed by atoms with Crippen molar-refractivity contribution in [1.82, 2.24) is 0 Å². The van der Waals surface area contributed by atoms with Crippen molar-refractivity contribution in [2.75, 3.05) is 11.5 Å². The number of carbonyl (C=O) groups is 1. The van der Waals surface area contributed by atoms with Gasteiger partial charge in [-0.15, -0.1) is 0 Å². The van der Waals surface area contributed by atoms with E-state index in [-0.39, 0.29) is 18.4 Å². The van der Waals surface area contributed by atoms with E-state index in [9.17, 15) is 4.79 Å². The summed E-state index contributed by atoms with van der Waals surface area (Å²) in [6.45, 7) is 0. The van der Waals surface area contributed by atoms with Crippen molar-refractivity contribution in [2.24, 2.45) is 5.92 Å². The number of benzene rings is 1. The molecule has 0 spiro atoms. The molecule has 2 atom stereocenters. The highest BCUT2D eigenvalue weighted by molar-refractivity contribution is 7.99. The Morgan fingerprint density at radius 1 is 1.43 bits per heavy atom. The van der Waals surface area contributed by atoms with Crippen molar-refractivity contribution < 1.29 is 14.6 Å². The number of aliphatic carboxylic acids is 1. The van der Waals surface area contributed by atoms with Crippen LogP contribution in [0.1, 0.15) is 37.2 Å². The van der Waals surface area contributed by atoms with Crippen LogP contribution < -0.4 is 4.74 Å². The minimum absolute atomic E-state index is 0.0797. The molecule has 3 rings (SSSR count).